The fourth-order valence-electron chi connectivity index (χ4n) is 9.35. The lowest BCUT2D eigenvalue weighted by Gasteiger charge is -2.47. The number of rotatable bonds is 8. The minimum atomic E-state index is -1.89. The van der Waals surface area contributed by atoms with Crippen LogP contribution in [0.3, 0.4) is 0 Å². The van der Waals surface area contributed by atoms with E-state index in [1.54, 1.807) is 0 Å². The summed E-state index contributed by atoms with van der Waals surface area (Å²) in [6.45, 7) is 12.7. The second-order valence-electron chi connectivity index (χ2n) is 13.0. The number of hydrogen-bond donors (Lipinski definition) is 1. The molecule has 37 heavy (non-hydrogen) atoms. The Kier molecular flexibility index (Phi) is 7.68. The van der Waals surface area contributed by atoms with E-state index in [9.17, 15) is 14.7 Å². The van der Waals surface area contributed by atoms with Gasteiger partial charge in [-0.3, -0.25) is 9.59 Å². The van der Waals surface area contributed by atoms with Gasteiger partial charge in [-0.05, 0) is 55.5 Å². The molecule has 1 N–H and O–H groups in total. The highest BCUT2D eigenvalue weighted by Gasteiger charge is 2.71. The number of carbonyl (C=O) groups is 2. The summed E-state index contributed by atoms with van der Waals surface area (Å²) in [5, 5.41) is 10.1. The van der Waals surface area contributed by atoms with Crippen molar-refractivity contribution in [1.82, 2.24) is 9.80 Å². The monoisotopic (exact) mass is 532 g/mol. The fraction of sp³-hybridized carbons (Fsp3) is 0.862. The van der Waals surface area contributed by atoms with Crippen molar-refractivity contribution in [2.75, 3.05) is 26.8 Å². The molecule has 3 saturated heterocycles. The average molecular weight is 533 g/mol. The van der Waals surface area contributed by atoms with Crippen LogP contribution in [0.25, 0.3) is 0 Å². The summed E-state index contributed by atoms with van der Waals surface area (Å²) in [5.41, 5.74) is 0.113. The van der Waals surface area contributed by atoms with Gasteiger partial charge in [-0.1, -0.05) is 38.9 Å². The predicted octanol–water partition coefficient (Wildman–Crippen LogP) is 3.98. The van der Waals surface area contributed by atoms with Crippen molar-refractivity contribution in [3.63, 3.8) is 0 Å². The van der Waals surface area contributed by atoms with Gasteiger partial charge in [-0.15, -0.1) is 6.58 Å². The summed E-state index contributed by atoms with van der Waals surface area (Å²) in [6.07, 6.45) is 10.6. The molecule has 208 valence electrons. The summed E-state index contributed by atoms with van der Waals surface area (Å²) in [4.78, 5) is 30.8. The van der Waals surface area contributed by atoms with Gasteiger partial charge in [-0.25, -0.2) is 0 Å². The van der Waals surface area contributed by atoms with Gasteiger partial charge in [0.2, 0.25) is 5.91 Å². The van der Waals surface area contributed by atoms with Crippen molar-refractivity contribution >= 4 is 19.9 Å². The Hall–Kier alpha value is -1.22. The number of methoxy groups -OCH3 is 1. The lowest BCUT2D eigenvalue weighted by molar-refractivity contribution is -0.157. The number of ether oxygens (including phenoxy) is 2. The van der Waals surface area contributed by atoms with Crippen molar-refractivity contribution in [3.8, 4) is 0 Å². The Balaban J connectivity index is 1.48. The van der Waals surface area contributed by atoms with Crippen molar-refractivity contribution in [1.29, 1.82) is 0 Å². The molecule has 1 spiro atoms. The van der Waals surface area contributed by atoms with E-state index in [-0.39, 0.29) is 48.4 Å². The molecular formula is C29H48N2O5Si. The minimum absolute atomic E-state index is 0.0716. The van der Waals surface area contributed by atoms with Crippen LogP contribution in [0.15, 0.2) is 12.7 Å². The number of β-lactam (4-membered cyclic amide) rings is 1. The summed E-state index contributed by atoms with van der Waals surface area (Å²) >= 11 is 0. The van der Waals surface area contributed by atoms with Crippen LogP contribution >= 0.6 is 0 Å². The Bertz CT molecular complexity index is 890. The minimum Gasteiger partial charge on any atom is -0.396 e. The number of aliphatic hydroxyl groups is 1. The molecule has 3 aliphatic heterocycles. The van der Waals surface area contributed by atoms with Gasteiger partial charge >= 0.3 is 0 Å². The molecule has 2 saturated carbocycles. The standard InChI is InChI=1S/C29H48N2O5Si/c1-6-15-31-24-12-7-20(30-16-13-26(30)33)18-23(24)29(28(31)34)19(2)27(25(36-29)14-17-32)37(4,5)22-10-8-21(35-3)9-11-22/h6,19-25,27,32H,1,7-18H2,2-5H3/t19-,20?,21?,22?,23?,24?,25+,27-,29+/m0/s1. The second kappa shape index (κ2) is 10.4. The van der Waals surface area contributed by atoms with Gasteiger partial charge in [0.05, 0.1) is 20.3 Å². The number of carbonyl (C=O) groups excluding carboxylic acids is 2. The molecule has 7 nitrogen and oxygen atoms in total. The highest BCUT2D eigenvalue weighted by Crippen LogP contribution is 2.62. The molecule has 5 fully saturated rings. The molecule has 0 radical (unpaired) electrons. The second-order valence-corrected chi connectivity index (χ2v) is 18.2. The van der Waals surface area contributed by atoms with E-state index in [0.29, 0.717) is 36.6 Å². The Morgan fingerprint density at radius 1 is 1.19 bits per heavy atom. The SMILES string of the molecule is C=CCN1C(=O)[C@]2(O[C@H](CCO)[C@@H]([Si](C)(C)C3CCC(OC)CC3)[C@@H]2C)C2CC(N3CCC3=O)CCC21. The van der Waals surface area contributed by atoms with Crippen molar-refractivity contribution in [2.45, 2.75) is 119 Å². The third kappa shape index (κ3) is 4.25. The third-order valence-corrected chi connectivity index (χ3v) is 16.6. The van der Waals surface area contributed by atoms with Gasteiger partial charge in [0.25, 0.3) is 5.91 Å². The van der Waals surface area contributed by atoms with Crippen LogP contribution in [0.1, 0.15) is 64.7 Å². The lowest BCUT2D eigenvalue weighted by atomic mass is 9.69. The van der Waals surface area contributed by atoms with Gasteiger partial charge in [0.1, 0.15) is 0 Å². The van der Waals surface area contributed by atoms with Gasteiger partial charge in [-0.2, -0.15) is 0 Å². The van der Waals surface area contributed by atoms with E-state index in [1.165, 1.54) is 12.8 Å². The van der Waals surface area contributed by atoms with Crippen LogP contribution in [-0.4, -0.2) is 91.5 Å². The number of nitrogens with zero attached hydrogens (tertiary/aromatic N) is 2. The molecule has 3 unspecified atom stereocenters. The number of hydrogen-bond acceptors (Lipinski definition) is 5. The zero-order chi connectivity index (χ0) is 26.5. The van der Waals surface area contributed by atoms with E-state index in [1.807, 2.05) is 23.0 Å². The van der Waals surface area contributed by atoms with E-state index in [4.69, 9.17) is 9.47 Å². The summed E-state index contributed by atoms with van der Waals surface area (Å²) in [5.74, 6) is 0.541. The Morgan fingerprint density at radius 2 is 1.92 bits per heavy atom. The van der Waals surface area contributed by atoms with Gasteiger partial charge in [0, 0.05) is 51.2 Å². The molecule has 8 heteroatoms. The summed E-state index contributed by atoms with van der Waals surface area (Å²) in [7, 11) is -0.0648. The first kappa shape index (κ1) is 27.3. The van der Waals surface area contributed by atoms with E-state index in [2.05, 4.69) is 26.6 Å². The molecular weight excluding hydrogens is 484 g/mol. The number of fused-ring (bicyclic) bond motifs is 2. The molecule has 5 aliphatic rings. The van der Waals surface area contributed by atoms with E-state index in [0.717, 1.165) is 38.6 Å². The molecule has 0 aromatic carbocycles. The molecule has 3 heterocycles. The largest absolute Gasteiger partial charge is 0.396 e. The summed E-state index contributed by atoms with van der Waals surface area (Å²) < 4.78 is 12.7. The van der Waals surface area contributed by atoms with Crippen LogP contribution in [0.5, 0.6) is 0 Å². The van der Waals surface area contributed by atoms with Crippen molar-refractivity contribution in [3.05, 3.63) is 12.7 Å². The first-order valence-corrected chi connectivity index (χ1v) is 17.9. The molecule has 0 aromatic rings. The zero-order valence-corrected chi connectivity index (χ0v) is 24.4. The van der Waals surface area contributed by atoms with E-state index >= 15 is 0 Å². The highest BCUT2D eigenvalue weighted by molar-refractivity contribution is 6.80. The van der Waals surface area contributed by atoms with E-state index < -0.39 is 13.7 Å². The Labute approximate surface area is 223 Å². The predicted molar refractivity (Wildman–Crippen MR) is 146 cm³/mol. The van der Waals surface area contributed by atoms with Crippen molar-refractivity contribution < 1.29 is 24.2 Å². The van der Waals surface area contributed by atoms with Gasteiger partial charge in [0.15, 0.2) is 5.60 Å². The van der Waals surface area contributed by atoms with Crippen LogP contribution in [-0.2, 0) is 19.1 Å². The quantitative estimate of drug-likeness (QED) is 0.291. The zero-order valence-electron chi connectivity index (χ0n) is 23.4. The van der Waals surface area contributed by atoms with Crippen LogP contribution in [0.2, 0.25) is 24.2 Å². The maximum atomic E-state index is 14.4. The molecule has 0 bridgehead atoms. The smallest absolute Gasteiger partial charge is 0.256 e. The molecule has 5 rings (SSSR count). The number of likely N-dealkylation sites (tertiary alicyclic amines) is 2. The topological polar surface area (TPSA) is 79.3 Å². The Morgan fingerprint density at radius 3 is 2.49 bits per heavy atom. The first-order valence-electron chi connectivity index (χ1n) is 14.7. The maximum Gasteiger partial charge on any atom is 0.256 e. The molecule has 0 aromatic heterocycles. The number of amides is 2. The van der Waals surface area contributed by atoms with Crippen LogP contribution in [0, 0.1) is 11.8 Å². The lowest BCUT2D eigenvalue weighted by Crippen LogP contribution is -2.56. The summed E-state index contributed by atoms with van der Waals surface area (Å²) in [6, 6.07) is 0.340. The third-order valence-electron chi connectivity index (χ3n) is 11.3. The molecule has 7 atom stereocenters. The maximum absolute atomic E-state index is 14.4. The highest BCUT2D eigenvalue weighted by atomic mass is 28.3. The number of aliphatic hydroxyl groups excluding tert-OH is 1. The first-order chi connectivity index (χ1) is 17.7. The fourth-order valence-corrected chi connectivity index (χ4v) is 14.4. The van der Waals surface area contributed by atoms with Crippen LogP contribution in [0.4, 0.5) is 0 Å². The van der Waals surface area contributed by atoms with Crippen molar-refractivity contribution in [2.24, 2.45) is 11.8 Å². The average Bonchev–Trinajstić information content (AvgIpc) is 3.30. The molecule has 2 aliphatic carbocycles. The normalized spacial score (nSPS) is 42.3. The van der Waals surface area contributed by atoms with Crippen LogP contribution < -0.4 is 0 Å². The van der Waals surface area contributed by atoms with Gasteiger partial charge < -0.3 is 24.4 Å². The molecule has 2 amide bonds.